The number of piperidine rings is 1. The molecule has 0 aliphatic carbocycles. The Morgan fingerprint density at radius 2 is 2.14 bits per heavy atom. The molecule has 0 radical (unpaired) electrons. The van der Waals surface area contributed by atoms with Crippen LogP contribution in [0.25, 0.3) is 0 Å². The van der Waals surface area contributed by atoms with E-state index in [9.17, 15) is 4.79 Å². The van der Waals surface area contributed by atoms with E-state index < -0.39 is 0 Å². The van der Waals surface area contributed by atoms with E-state index in [-0.39, 0.29) is 11.9 Å². The maximum atomic E-state index is 12.5. The van der Waals surface area contributed by atoms with Crippen LogP contribution in [0.5, 0.6) is 0 Å². The number of nitrogens with one attached hydrogen (secondary N) is 2. The van der Waals surface area contributed by atoms with E-state index in [0.717, 1.165) is 18.5 Å². The van der Waals surface area contributed by atoms with Crippen LogP contribution in [0.1, 0.15) is 41.6 Å². The summed E-state index contributed by atoms with van der Waals surface area (Å²) in [6.07, 6.45) is 4.80. The van der Waals surface area contributed by atoms with Crippen LogP contribution in [0.3, 0.4) is 0 Å². The van der Waals surface area contributed by atoms with E-state index in [1.54, 1.807) is 0 Å². The van der Waals surface area contributed by atoms with Gasteiger partial charge in [0.25, 0.3) is 5.91 Å². The highest BCUT2D eigenvalue weighted by Gasteiger charge is 2.36. The third-order valence-corrected chi connectivity index (χ3v) is 4.75. The fourth-order valence-electron chi connectivity index (χ4n) is 3.64. The molecule has 2 saturated heterocycles. The Morgan fingerprint density at radius 3 is 2.95 bits per heavy atom. The fourth-order valence-corrected chi connectivity index (χ4v) is 3.64. The average molecular weight is 288 g/mol. The fraction of sp³-hybridized carbons (Fsp3) is 0.562. The van der Waals surface area contributed by atoms with Gasteiger partial charge in [-0.3, -0.25) is 15.5 Å². The number of nitrogen functional groups attached to an aromatic ring is 1. The van der Waals surface area contributed by atoms with Gasteiger partial charge in [0.05, 0.1) is 11.3 Å². The van der Waals surface area contributed by atoms with Crippen molar-refractivity contribution >= 4 is 11.6 Å². The maximum absolute atomic E-state index is 12.5. The van der Waals surface area contributed by atoms with Gasteiger partial charge in [0.1, 0.15) is 0 Å². The van der Waals surface area contributed by atoms with Crippen molar-refractivity contribution in [3.63, 3.8) is 0 Å². The second-order valence-corrected chi connectivity index (χ2v) is 6.16. The van der Waals surface area contributed by atoms with Crippen LogP contribution in [-0.2, 0) is 0 Å². The van der Waals surface area contributed by atoms with Crippen LogP contribution in [0.4, 0.5) is 5.69 Å². The molecule has 1 amide bonds. The number of hydrazine groups is 1. The molecule has 2 fully saturated rings. The molecule has 21 heavy (non-hydrogen) atoms. The number of hydrogen-bond acceptors (Lipinski definition) is 4. The van der Waals surface area contributed by atoms with Crippen LogP contribution in [-0.4, -0.2) is 36.0 Å². The molecule has 0 bridgehead atoms. The third kappa shape index (κ3) is 2.89. The van der Waals surface area contributed by atoms with Crippen molar-refractivity contribution in [2.75, 3.05) is 18.5 Å². The first-order valence-corrected chi connectivity index (χ1v) is 7.81. The summed E-state index contributed by atoms with van der Waals surface area (Å²) < 4.78 is 0. The quantitative estimate of drug-likeness (QED) is 0.584. The molecule has 5 nitrogen and oxygen atoms in total. The van der Waals surface area contributed by atoms with Crippen LogP contribution in [0, 0.1) is 6.92 Å². The lowest BCUT2D eigenvalue weighted by atomic mass is 9.98. The van der Waals surface area contributed by atoms with Gasteiger partial charge in [-0.05, 0) is 50.4 Å². The summed E-state index contributed by atoms with van der Waals surface area (Å²) in [6, 6.07) is 6.47. The first-order valence-electron chi connectivity index (χ1n) is 7.81. The van der Waals surface area contributed by atoms with Crippen LogP contribution >= 0.6 is 0 Å². The van der Waals surface area contributed by atoms with Crippen molar-refractivity contribution in [2.45, 2.75) is 44.7 Å². The molecular weight excluding hydrogens is 264 g/mol. The number of nitrogens with two attached hydrogens (primary N) is 1. The zero-order valence-corrected chi connectivity index (χ0v) is 12.6. The first-order chi connectivity index (χ1) is 10.2. The Bertz CT molecular complexity index is 531. The van der Waals surface area contributed by atoms with Crippen molar-refractivity contribution in [1.82, 2.24) is 10.2 Å². The number of nitrogens with zero attached hydrogens (tertiary/aromatic N) is 1. The highest BCUT2D eigenvalue weighted by Crippen LogP contribution is 2.27. The molecule has 5 heteroatoms. The summed E-state index contributed by atoms with van der Waals surface area (Å²) in [5.74, 6) is 5.51. The predicted octanol–water partition coefficient (Wildman–Crippen LogP) is 1.64. The normalized spacial score (nSPS) is 25.4. The summed E-state index contributed by atoms with van der Waals surface area (Å²) in [7, 11) is 0. The van der Waals surface area contributed by atoms with Gasteiger partial charge in [-0.2, -0.15) is 0 Å². The molecule has 2 aliphatic rings. The van der Waals surface area contributed by atoms with Gasteiger partial charge in [-0.15, -0.1) is 0 Å². The Hall–Kier alpha value is -1.59. The van der Waals surface area contributed by atoms with Gasteiger partial charge in [0.15, 0.2) is 0 Å². The molecule has 114 valence electrons. The number of carbonyl (C=O) groups excluding carboxylic acids is 1. The minimum atomic E-state index is -0.0274. The monoisotopic (exact) mass is 288 g/mol. The number of carbonyl (C=O) groups is 1. The molecule has 2 heterocycles. The molecule has 2 atom stereocenters. The average Bonchev–Trinajstić information content (AvgIpc) is 2.90. The lowest BCUT2D eigenvalue weighted by Crippen LogP contribution is -2.46. The van der Waals surface area contributed by atoms with Crippen LogP contribution in [0.15, 0.2) is 18.2 Å². The van der Waals surface area contributed by atoms with E-state index in [4.69, 9.17) is 5.84 Å². The van der Waals surface area contributed by atoms with Crippen molar-refractivity contribution < 1.29 is 4.79 Å². The second-order valence-electron chi connectivity index (χ2n) is 6.16. The molecule has 1 aromatic carbocycles. The Kier molecular flexibility index (Phi) is 4.12. The summed E-state index contributed by atoms with van der Waals surface area (Å²) in [4.78, 5) is 15.1. The minimum absolute atomic E-state index is 0.0274. The van der Waals surface area contributed by atoms with Crippen molar-refractivity contribution in [1.29, 1.82) is 0 Å². The molecule has 0 aromatic heterocycles. The van der Waals surface area contributed by atoms with E-state index >= 15 is 0 Å². The van der Waals surface area contributed by atoms with Gasteiger partial charge >= 0.3 is 0 Å². The van der Waals surface area contributed by atoms with E-state index in [2.05, 4.69) is 15.6 Å². The standard InChI is InChI=1S/C16H24N4O/c1-11-5-6-12(14(10-11)19-17)16(21)18-13-7-9-20-8-3-2-4-15(13)20/h5-6,10,13,15,19H,2-4,7-9,17H2,1H3,(H,18,21). The lowest BCUT2D eigenvalue weighted by Gasteiger charge is -2.32. The number of hydrogen-bond donors (Lipinski definition) is 3. The maximum Gasteiger partial charge on any atom is 0.253 e. The Labute approximate surface area is 125 Å². The zero-order chi connectivity index (χ0) is 14.8. The summed E-state index contributed by atoms with van der Waals surface area (Å²) in [5.41, 5.74) is 5.02. The molecular formula is C16H24N4O. The Balaban J connectivity index is 1.72. The highest BCUT2D eigenvalue weighted by atomic mass is 16.1. The largest absolute Gasteiger partial charge is 0.348 e. The second kappa shape index (κ2) is 6.03. The highest BCUT2D eigenvalue weighted by molar-refractivity contribution is 5.99. The zero-order valence-electron chi connectivity index (χ0n) is 12.6. The molecule has 0 spiro atoms. The smallest absolute Gasteiger partial charge is 0.253 e. The molecule has 0 saturated carbocycles. The molecule has 2 aliphatic heterocycles. The third-order valence-electron chi connectivity index (χ3n) is 4.75. The summed E-state index contributed by atoms with van der Waals surface area (Å²) in [6.45, 7) is 4.27. The lowest BCUT2D eigenvalue weighted by molar-refractivity contribution is 0.0916. The van der Waals surface area contributed by atoms with E-state index in [1.807, 2.05) is 25.1 Å². The molecule has 2 unspecified atom stereocenters. The number of benzene rings is 1. The molecule has 3 rings (SSSR count). The van der Waals surface area contributed by atoms with Gasteiger partial charge in [-0.1, -0.05) is 12.5 Å². The number of rotatable bonds is 3. The van der Waals surface area contributed by atoms with Gasteiger partial charge in [0, 0.05) is 18.6 Å². The predicted molar refractivity (Wildman–Crippen MR) is 84.1 cm³/mol. The molecule has 4 N–H and O–H groups in total. The van der Waals surface area contributed by atoms with E-state index in [0.29, 0.717) is 17.3 Å². The number of aryl methyl sites for hydroxylation is 1. The van der Waals surface area contributed by atoms with Crippen molar-refractivity contribution in [2.24, 2.45) is 5.84 Å². The topological polar surface area (TPSA) is 70.4 Å². The van der Waals surface area contributed by atoms with Gasteiger partial charge in [-0.25, -0.2) is 0 Å². The van der Waals surface area contributed by atoms with Crippen molar-refractivity contribution in [3.05, 3.63) is 29.3 Å². The van der Waals surface area contributed by atoms with Crippen molar-refractivity contribution in [3.8, 4) is 0 Å². The number of anilines is 1. The minimum Gasteiger partial charge on any atom is -0.348 e. The van der Waals surface area contributed by atoms with Crippen LogP contribution in [0.2, 0.25) is 0 Å². The number of amides is 1. The Morgan fingerprint density at radius 1 is 1.29 bits per heavy atom. The number of fused-ring (bicyclic) bond motifs is 1. The van der Waals surface area contributed by atoms with Gasteiger partial charge in [0.2, 0.25) is 0 Å². The van der Waals surface area contributed by atoms with Gasteiger partial charge < -0.3 is 10.7 Å². The first kappa shape index (κ1) is 14.4. The van der Waals surface area contributed by atoms with E-state index in [1.165, 1.54) is 25.8 Å². The molecule has 1 aromatic rings. The summed E-state index contributed by atoms with van der Waals surface area (Å²) in [5, 5.41) is 3.21. The van der Waals surface area contributed by atoms with Crippen LogP contribution < -0.4 is 16.6 Å². The SMILES string of the molecule is Cc1ccc(C(=O)NC2CCN3CCCCC23)c(NN)c1. The summed E-state index contributed by atoms with van der Waals surface area (Å²) >= 11 is 0.